The Kier molecular flexibility index (Phi) is 2.31. The average molecular weight is 195 g/mol. The second kappa shape index (κ2) is 3.46. The van der Waals surface area contributed by atoms with E-state index in [-0.39, 0.29) is 0 Å². The summed E-state index contributed by atoms with van der Waals surface area (Å²) in [7, 11) is 0. The summed E-state index contributed by atoms with van der Waals surface area (Å²) in [6.45, 7) is 5.09. The molecular weight excluding hydrogens is 182 g/mol. The van der Waals surface area contributed by atoms with E-state index in [0.717, 1.165) is 29.6 Å². The molecule has 0 fully saturated rings. The fourth-order valence-corrected chi connectivity index (χ4v) is 2.13. The number of anilines is 1. The summed E-state index contributed by atoms with van der Waals surface area (Å²) in [5, 5.41) is 4.24. The van der Waals surface area contributed by atoms with Gasteiger partial charge in [-0.1, -0.05) is 0 Å². The summed E-state index contributed by atoms with van der Waals surface area (Å²) in [6, 6.07) is 0. The Morgan fingerprint density at radius 2 is 2.23 bits per heavy atom. The van der Waals surface area contributed by atoms with Crippen molar-refractivity contribution in [3.63, 3.8) is 0 Å². The number of nitrogens with one attached hydrogen (secondary N) is 1. The third-order valence-corrected chi connectivity index (χ3v) is 3.14. The van der Waals surface area contributed by atoms with Crippen LogP contribution in [-0.2, 0) is 0 Å². The van der Waals surface area contributed by atoms with Crippen molar-refractivity contribution in [3.8, 4) is 0 Å². The van der Waals surface area contributed by atoms with Gasteiger partial charge in [-0.2, -0.15) is 0 Å². The van der Waals surface area contributed by atoms with Gasteiger partial charge in [-0.15, -0.1) is 11.3 Å². The number of aromatic nitrogens is 1. The van der Waals surface area contributed by atoms with Crippen LogP contribution in [0.25, 0.3) is 0 Å². The second-order valence-corrected chi connectivity index (χ2v) is 4.42. The second-order valence-electron chi connectivity index (χ2n) is 3.22. The van der Waals surface area contributed by atoms with Gasteiger partial charge in [0.05, 0.1) is 5.69 Å². The van der Waals surface area contributed by atoms with Gasteiger partial charge in [0.2, 0.25) is 0 Å². The van der Waals surface area contributed by atoms with Crippen molar-refractivity contribution in [2.24, 2.45) is 4.99 Å². The molecule has 1 N–H and O–H groups in total. The number of aryl methyl sites for hydroxylation is 2. The predicted molar refractivity (Wildman–Crippen MR) is 56.7 cm³/mol. The van der Waals surface area contributed by atoms with E-state index in [4.69, 9.17) is 0 Å². The molecule has 2 heterocycles. The smallest absolute Gasteiger partial charge is 0.188 e. The molecule has 0 bridgehead atoms. The molecule has 1 aliphatic rings. The molecule has 3 nitrogen and oxygen atoms in total. The Hall–Kier alpha value is -0.900. The lowest BCUT2D eigenvalue weighted by molar-refractivity contribution is 0.951. The minimum atomic E-state index is 0.964. The number of hydrogen-bond donors (Lipinski definition) is 1. The minimum Gasteiger partial charge on any atom is -0.320 e. The number of amidine groups is 1. The topological polar surface area (TPSA) is 37.3 Å². The Morgan fingerprint density at radius 3 is 2.77 bits per heavy atom. The maximum atomic E-state index is 4.40. The van der Waals surface area contributed by atoms with Crippen LogP contribution in [0, 0.1) is 13.8 Å². The number of hydrogen-bond acceptors (Lipinski definition) is 4. The summed E-state index contributed by atoms with van der Waals surface area (Å²) < 4.78 is 0. The molecule has 0 radical (unpaired) electrons. The van der Waals surface area contributed by atoms with Gasteiger partial charge in [0, 0.05) is 17.8 Å². The Morgan fingerprint density at radius 1 is 1.38 bits per heavy atom. The molecule has 0 unspecified atom stereocenters. The number of nitrogens with zero attached hydrogens (tertiary/aromatic N) is 2. The van der Waals surface area contributed by atoms with E-state index in [0.29, 0.717) is 0 Å². The first-order chi connectivity index (χ1) is 6.25. The summed E-state index contributed by atoms with van der Waals surface area (Å²) in [5.74, 6) is 1.09. The van der Waals surface area contributed by atoms with Gasteiger partial charge in [-0.3, -0.25) is 4.99 Å². The van der Waals surface area contributed by atoms with E-state index < -0.39 is 0 Å². The maximum absolute atomic E-state index is 4.40. The van der Waals surface area contributed by atoms with E-state index >= 15 is 0 Å². The lowest BCUT2D eigenvalue weighted by atomic mass is 10.3. The molecule has 0 atom stereocenters. The lowest BCUT2D eigenvalue weighted by Crippen LogP contribution is -2.07. The minimum absolute atomic E-state index is 0.964. The van der Waals surface area contributed by atoms with Gasteiger partial charge >= 0.3 is 0 Å². The molecular formula is C9H13N3S. The molecule has 2 rings (SSSR count). The standard InChI is InChI=1S/C9H13N3S/c1-6-7(2)13-9(11-6)12-8-4-3-5-10-8/h3-5H2,1-2H3,(H,10,11,12). The van der Waals surface area contributed by atoms with E-state index in [1.807, 2.05) is 6.92 Å². The SMILES string of the molecule is Cc1nc(NC2=NCCC2)sc1C. The van der Waals surface area contributed by atoms with Crippen LogP contribution >= 0.6 is 11.3 Å². The Balaban J connectivity index is 2.09. The first-order valence-electron chi connectivity index (χ1n) is 4.50. The van der Waals surface area contributed by atoms with Crippen molar-refractivity contribution in [2.45, 2.75) is 26.7 Å². The highest BCUT2D eigenvalue weighted by Crippen LogP contribution is 2.22. The van der Waals surface area contributed by atoms with Crippen LogP contribution in [0.15, 0.2) is 4.99 Å². The number of thiazole rings is 1. The van der Waals surface area contributed by atoms with Gasteiger partial charge in [-0.05, 0) is 20.3 Å². The third kappa shape index (κ3) is 1.88. The van der Waals surface area contributed by atoms with E-state index in [2.05, 4.69) is 22.2 Å². The van der Waals surface area contributed by atoms with Crippen LogP contribution in [0.1, 0.15) is 23.4 Å². The van der Waals surface area contributed by atoms with E-state index in [9.17, 15) is 0 Å². The van der Waals surface area contributed by atoms with Crippen molar-refractivity contribution in [1.82, 2.24) is 4.98 Å². The van der Waals surface area contributed by atoms with Gasteiger partial charge < -0.3 is 5.32 Å². The van der Waals surface area contributed by atoms with Crippen LogP contribution < -0.4 is 5.32 Å². The zero-order valence-electron chi connectivity index (χ0n) is 7.92. The molecule has 0 aromatic carbocycles. The summed E-state index contributed by atoms with van der Waals surface area (Å²) in [5.41, 5.74) is 1.12. The largest absolute Gasteiger partial charge is 0.320 e. The Labute approximate surface area is 81.9 Å². The lowest BCUT2D eigenvalue weighted by Gasteiger charge is -1.98. The van der Waals surface area contributed by atoms with Crippen molar-refractivity contribution < 1.29 is 0 Å². The van der Waals surface area contributed by atoms with Gasteiger partial charge in [0.15, 0.2) is 5.13 Å². The predicted octanol–water partition coefficient (Wildman–Crippen LogP) is 2.36. The van der Waals surface area contributed by atoms with Gasteiger partial charge in [-0.25, -0.2) is 4.98 Å². The van der Waals surface area contributed by atoms with Crippen LogP contribution in [-0.4, -0.2) is 17.4 Å². The molecule has 70 valence electrons. The monoisotopic (exact) mass is 195 g/mol. The van der Waals surface area contributed by atoms with Crippen molar-refractivity contribution in [1.29, 1.82) is 0 Å². The fraction of sp³-hybridized carbons (Fsp3) is 0.556. The molecule has 0 saturated carbocycles. The highest BCUT2D eigenvalue weighted by atomic mass is 32.1. The summed E-state index contributed by atoms with van der Waals surface area (Å²) in [6.07, 6.45) is 2.24. The van der Waals surface area contributed by atoms with Crippen molar-refractivity contribution in [2.75, 3.05) is 11.9 Å². The third-order valence-electron chi connectivity index (χ3n) is 2.15. The van der Waals surface area contributed by atoms with E-state index in [1.54, 1.807) is 11.3 Å². The first-order valence-corrected chi connectivity index (χ1v) is 5.32. The van der Waals surface area contributed by atoms with Gasteiger partial charge in [0.25, 0.3) is 0 Å². The molecule has 1 aliphatic heterocycles. The van der Waals surface area contributed by atoms with E-state index in [1.165, 1.54) is 11.3 Å². The van der Waals surface area contributed by atoms with Gasteiger partial charge in [0.1, 0.15) is 5.84 Å². The van der Waals surface area contributed by atoms with Crippen LogP contribution in [0.4, 0.5) is 5.13 Å². The highest BCUT2D eigenvalue weighted by molar-refractivity contribution is 7.15. The zero-order valence-corrected chi connectivity index (χ0v) is 8.74. The van der Waals surface area contributed by atoms with Crippen LogP contribution in [0.2, 0.25) is 0 Å². The molecule has 1 aromatic rings. The fourth-order valence-electron chi connectivity index (χ4n) is 1.29. The zero-order chi connectivity index (χ0) is 9.26. The summed E-state index contributed by atoms with van der Waals surface area (Å²) >= 11 is 1.70. The number of aliphatic imine (C=N–C) groups is 1. The molecule has 0 aliphatic carbocycles. The normalized spacial score (nSPS) is 16.0. The molecule has 0 spiro atoms. The van der Waals surface area contributed by atoms with Crippen LogP contribution in [0.5, 0.6) is 0 Å². The summed E-state index contributed by atoms with van der Waals surface area (Å²) in [4.78, 5) is 10.0. The quantitative estimate of drug-likeness (QED) is 0.747. The molecule has 0 saturated heterocycles. The average Bonchev–Trinajstić information content (AvgIpc) is 2.64. The van der Waals surface area contributed by atoms with Crippen molar-refractivity contribution >= 4 is 22.3 Å². The molecule has 0 amide bonds. The molecule has 1 aromatic heterocycles. The van der Waals surface area contributed by atoms with Crippen molar-refractivity contribution in [3.05, 3.63) is 10.6 Å². The first kappa shape index (κ1) is 8.69. The maximum Gasteiger partial charge on any atom is 0.188 e. The molecule has 13 heavy (non-hydrogen) atoms. The number of rotatable bonds is 1. The molecule has 4 heteroatoms. The highest BCUT2D eigenvalue weighted by Gasteiger charge is 2.09. The Bertz CT molecular complexity index is 321. The van der Waals surface area contributed by atoms with Crippen LogP contribution in [0.3, 0.4) is 0 Å².